The normalized spacial score (nSPS) is 11.2. The third-order valence-corrected chi connectivity index (χ3v) is 7.05. The molecule has 0 aliphatic heterocycles. The Kier molecular flexibility index (Phi) is 5.58. The molecule has 2 aromatic carbocycles. The van der Waals surface area contributed by atoms with Crippen molar-refractivity contribution in [2.45, 2.75) is 26.8 Å². The summed E-state index contributed by atoms with van der Waals surface area (Å²) in [5.74, 6) is 0.433. The highest BCUT2D eigenvalue weighted by Crippen LogP contribution is 2.40. The molecule has 2 aromatic heterocycles. The molecule has 30 heavy (non-hydrogen) atoms. The number of benzene rings is 2. The number of nitrogens with zero attached hydrogens (tertiary/aromatic N) is 1. The smallest absolute Gasteiger partial charge is 0.250 e. The fourth-order valence-corrected chi connectivity index (χ4v) is 5.26. The van der Waals surface area contributed by atoms with Gasteiger partial charge in [0.05, 0.1) is 23.2 Å². The zero-order valence-corrected chi connectivity index (χ0v) is 18.7. The summed E-state index contributed by atoms with van der Waals surface area (Å²) in [6.07, 6.45) is 0.813. The minimum Gasteiger partial charge on any atom is -0.497 e. The highest BCUT2D eigenvalue weighted by molar-refractivity contribution is 7.22. The Hall–Kier alpha value is -2.76. The van der Waals surface area contributed by atoms with Gasteiger partial charge in [0, 0.05) is 22.0 Å². The quantitative estimate of drug-likeness (QED) is 0.402. The van der Waals surface area contributed by atoms with Gasteiger partial charge in [0.25, 0.3) is 5.91 Å². The molecule has 0 saturated carbocycles. The molecule has 0 bridgehead atoms. The van der Waals surface area contributed by atoms with Gasteiger partial charge < -0.3 is 15.0 Å². The fraction of sp³-hybridized carbons (Fsp3) is 0.208. The highest BCUT2D eigenvalue weighted by Gasteiger charge is 2.20. The minimum atomic E-state index is -0.407. The van der Waals surface area contributed by atoms with Crippen LogP contribution in [0.3, 0.4) is 0 Å². The number of ether oxygens (including phenoxy) is 1. The molecular weight excluding hydrogens is 416 g/mol. The molecule has 0 atom stereocenters. The molecule has 0 aliphatic carbocycles. The zero-order chi connectivity index (χ0) is 21.4. The van der Waals surface area contributed by atoms with Gasteiger partial charge in [-0.1, -0.05) is 23.7 Å². The Morgan fingerprint density at radius 1 is 1.17 bits per heavy atom. The second-order valence-electron chi connectivity index (χ2n) is 7.34. The van der Waals surface area contributed by atoms with Gasteiger partial charge in [0.15, 0.2) is 0 Å². The fourth-order valence-electron chi connectivity index (χ4n) is 3.88. The monoisotopic (exact) mass is 438 g/mol. The van der Waals surface area contributed by atoms with E-state index in [2.05, 4.69) is 17.6 Å². The summed E-state index contributed by atoms with van der Waals surface area (Å²) in [5, 5.41) is 1.86. The van der Waals surface area contributed by atoms with E-state index in [4.69, 9.17) is 22.1 Å². The van der Waals surface area contributed by atoms with Crippen LogP contribution in [-0.2, 0) is 13.0 Å². The lowest BCUT2D eigenvalue weighted by molar-refractivity contribution is 0.0999. The van der Waals surface area contributed by atoms with E-state index in [0.29, 0.717) is 5.56 Å². The van der Waals surface area contributed by atoms with Gasteiger partial charge in [-0.2, -0.15) is 0 Å². The molecule has 4 rings (SSSR count). The van der Waals surface area contributed by atoms with Crippen LogP contribution in [0.15, 0.2) is 48.5 Å². The number of carbonyl (C=O) groups is 1. The predicted molar refractivity (Wildman–Crippen MR) is 125 cm³/mol. The molecule has 0 saturated heterocycles. The summed E-state index contributed by atoms with van der Waals surface area (Å²) in [6.45, 7) is 4.79. The van der Waals surface area contributed by atoms with E-state index in [9.17, 15) is 4.79 Å². The van der Waals surface area contributed by atoms with Gasteiger partial charge in [-0.3, -0.25) is 4.79 Å². The van der Waals surface area contributed by atoms with Crippen LogP contribution in [-0.4, -0.2) is 17.6 Å². The van der Waals surface area contributed by atoms with Crippen LogP contribution >= 0.6 is 22.9 Å². The summed E-state index contributed by atoms with van der Waals surface area (Å²) in [6, 6.07) is 15.9. The molecule has 1 amide bonds. The molecule has 2 heterocycles. The predicted octanol–water partition coefficient (Wildman–Crippen LogP) is 5.99. The van der Waals surface area contributed by atoms with Gasteiger partial charge in [-0.15, -0.1) is 11.3 Å². The molecule has 6 heteroatoms. The third kappa shape index (κ3) is 3.71. The summed E-state index contributed by atoms with van der Waals surface area (Å²) in [4.78, 5) is 13.2. The van der Waals surface area contributed by atoms with E-state index in [1.807, 2.05) is 49.4 Å². The van der Waals surface area contributed by atoms with Gasteiger partial charge in [-0.25, -0.2) is 0 Å². The highest BCUT2D eigenvalue weighted by atomic mass is 35.5. The standard InChI is InChI=1S/C24H23ClN2O2S/c1-14-19-12-17(25)7-8-22(19)30-23(14)21-13-20(24(26)28)15(2)27(21)10-9-16-5-4-6-18(11-16)29-3/h4-8,11-13H,9-10H2,1-3H3,(H2,26,28). The molecule has 0 spiro atoms. The van der Waals surface area contributed by atoms with Crippen molar-refractivity contribution >= 4 is 38.9 Å². The van der Waals surface area contributed by atoms with Gasteiger partial charge in [0.2, 0.25) is 0 Å². The van der Waals surface area contributed by atoms with Gasteiger partial charge in [-0.05, 0) is 73.2 Å². The number of amides is 1. The molecule has 0 unspecified atom stereocenters. The first-order valence-corrected chi connectivity index (χ1v) is 10.9. The molecule has 154 valence electrons. The third-order valence-electron chi connectivity index (χ3n) is 5.52. The van der Waals surface area contributed by atoms with Crippen LogP contribution in [0.1, 0.15) is 27.2 Å². The topological polar surface area (TPSA) is 57.2 Å². The van der Waals surface area contributed by atoms with E-state index < -0.39 is 5.91 Å². The van der Waals surface area contributed by atoms with Crippen LogP contribution in [0.5, 0.6) is 5.75 Å². The first-order chi connectivity index (χ1) is 14.4. The van der Waals surface area contributed by atoms with E-state index in [0.717, 1.165) is 51.0 Å². The number of hydrogen-bond donors (Lipinski definition) is 1. The average Bonchev–Trinajstić information content (AvgIpc) is 3.23. The first kappa shape index (κ1) is 20.5. The number of nitrogens with two attached hydrogens (primary N) is 1. The summed E-state index contributed by atoms with van der Waals surface area (Å²) in [5.41, 5.74) is 10.5. The van der Waals surface area contributed by atoms with Crippen LogP contribution in [0, 0.1) is 13.8 Å². The van der Waals surface area contributed by atoms with Crippen molar-refractivity contribution in [1.82, 2.24) is 4.57 Å². The number of hydrogen-bond acceptors (Lipinski definition) is 3. The first-order valence-electron chi connectivity index (χ1n) is 9.71. The SMILES string of the molecule is COc1cccc(CCn2c(-c3sc4ccc(Cl)cc4c3C)cc(C(N)=O)c2C)c1. The summed E-state index contributed by atoms with van der Waals surface area (Å²) < 4.78 is 8.71. The minimum absolute atomic E-state index is 0.407. The van der Waals surface area contributed by atoms with E-state index in [1.54, 1.807) is 18.4 Å². The van der Waals surface area contributed by atoms with Crippen molar-refractivity contribution in [3.63, 3.8) is 0 Å². The Morgan fingerprint density at radius 3 is 2.70 bits per heavy atom. The van der Waals surface area contributed by atoms with Crippen LogP contribution in [0.4, 0.5) is 0 Å². The zero-order valence-electron chi connectivity index (χ0n) is 17.2. The summed E-state index contributed by atoms with van der Waals surface area (Å²) in [7, 11) is 1.67. The van der Waals surface area contributed by atoms with Crippen molar-refractivity contribution in [3.05, 3.63) is 75.9 Å². The van der Waals surface area contributed by atoms with Crippen molar-refractivity contribution < 1.29 is 9.53 Å². The van der Waals surface area contributed by atoms with E-state index in [-0.39, 0.29) is 0 Å². The number of aromatic nitrogens is 1. The molecular formula is C24H23ClN2O2S. The van der Waals surface area contributed by atoms with Crippen molar-refractivity contribution in [1.29, 1.82) is 0 Å². The lowest BCUT2D eigenvalue weighted by Gasteiger charge is -2.12. The molecule has 4 aromatic rings. The van der Waals surface area contributed by atoms with E-state index in [1.165, 1.54) is 10.3 Å². The number of primary amides is 1. The second kappa shape index (κ2) is 8.17. The Bertz CT molecular complexity index is 1260. The molecule has 2 N–H and O–H groups in total. The summed E-state index contributed by atoms with van der Waals surface area (Å²) >= 11 is 7.93. The number of rotatable bonds is 6. The van der Waals surface area contributed by atoms with Gasteiger partial charge >= 0.3 is 0 Å². The Labute approximate surface area is 184 Å². The molecule has 4 nitrogen and oxygen atoms in total. The van der Waals surface area contributed by atoms with E-state index >= 15 is 0 Å². The number of fused-ring (bicyclic) bond motifs is 1. The maximum Gasteiger partial charge on any atom is 0.250 e. The lowest BCUT2D eigenvalue weighted by Crippen LogP contribution is -2.13. The molecule has 0 aliphatic rings. The number of carbonyl (C=O) groups excluding carboxylic acids is 1. The average molecular weight is 439 g/mol. The Morgan fingerprint density at radius 2 is 1.97 bits per heavy atom. The maximum atomic E-state index is 12.1. The van der Waals surface area contributed by atoms with Crippen molar-refractivity contribution in [2.24, 2.45) is 5.73 Å². The van der Waals surface area contributed by atoms with Crippen LogP contribution in [0.2, 0.25) is 5.02 Å². The number of halogens is 1. The molecule has 0 radical (unpaired) electrons. The lowest BCUT2D eigenvalue weighted by atomic mass is 10.1. The molecule has 0 fully saturated rings. The maximum absolute atomic E-state index is 12.1. The van der Waals surface area contributed by atoms with Crippen molar-refractivity contribution in [2.75, 3.05) is 7.11 Å². The van der Waals surface area contributed by atoms with Gasteiger partial charge in [0.1, 0.15) is 5.75 Å². The number of aryl methyl sites for hydroxylation is 2. The Balaban J connectivity index is 1.79. The van der Waals surface area contributed by atoms with Crippen LogP contribution in [0.25, 0.3) is 20.7 Å². The number of thiophene rings is 1. The van der Waals surface area contributed by atoms with Crippen molar-refractivity contribution in [3.8, 4) is 16.3 Å². The second-order valence-corrected chi connectivity index (χ2v) is 8.83. The largest absolute Gasteiger partial charge is 0.497 e. The number of methoxy groups -OCH3 is 1. The van der Waals surface area contributed by atoms with Crippen LogP contribution < -0.4 is 10.5 Å².